The lowest BCUT2D eigenvalue weighted by Gasteiger charge is -2.25. The number of para-hydroxylation sites is 1. The molecule has 0 saturated carbocycles. The zero-order chi connectivity index (χ0) is 22.9. The van der Waals surface area contributed by atoms with E-state index in [0.717, 1.165) is 5.56 Å². The molecular formula is C27H21NO5. The first-order valence-electron chi connectivity index (χ1n) is 10.5. The second-order valence-corrected chi connectivity index (χ2v) is 7.62. The van der Waals surface area contributed by atoms with Gasteiger partial charge in [0, 0.05) is 5.69 Å². The predicted molar refractivity (Wildman–Crippen MR) is 126 cm³/mol. The quantitative estimate of drug-likeness (QED) is 0.390. The molecule has 6 nitrogen and oxygen atoms in total. The predicted octanol–water partition coefficient (Wildman–Crippen LogP) is 5.12. The topological polar surface area (TPSA) is 69.0 Å². The molecule has 1 amide bonds. The number of benzene rings is 3. The maximum absolute atomic E-state index is 13.6. The molecular weight excluding hydrogens is 418 g/mol. The van der Waals surface area contributed by atoms with Crippen molar-refractivity contribution in [3.63, 3.8) is 0 Å². The number of hydrogen-bond acceptors (Lipinski definition) is 5. The fourth-order valence-electron chi connectivity index (χ4n) is 4.17. The molecule has 4 aromatic rings. The van der Waals surface area contributed by atoms with Crippen LogP contribution in [0.5, 0.6) is 11.5 Å². The summed E-state index contributed by atoms with van der Waals surface area (Å²) in [5, 5.41) is 0.435. The summed E-state index contributed by atoms with van der Waals surface area (Å²) < 4.78 is 16.9. The second-order valence-electron chi connectivity index (χ2n) is 7.62. The van der Waals surface area contributed by atoms with Crippen LogP contribution in [0.2, 0.25) is 0 Å². The number of methoxy groups -OCH3 is 1. The molecule has 0 fully saturated rings. The van der Waals surface area contributed by atoms with Crippen LogP contribution < -0.4 is 19.8 Å². The summed E-state index contributed by atoms with van der Waals surface area (Å²) in [6.45, 7) is 4.03. The Bertz CT molecular complexity index is 1420. The highest BCUT2D eigenvalue weighted by Gasteiger charge is 2.43. The number of fused-ring (bicyclic) bond motifs is 2. The molecule has 0 radical (unpaired) electrons. The zero-order valence-corrected chi connectivity index (χ0v) is 18.0. The number of amides is 1. The van der Waals surface area contributed by atoms with E-state index >= 15 is 0 Å². The van der Waals surface area contributed by atoms with Crippen LogP contribution in [0.4, 0.5) is 5.69 Å². The van der Waals surface area contributed by atoms with Gasteiger partial charge >= 0.3 is 0 Å². The molecule has 33 heavy (non-hydrogen) atoms. The van der Waals surface area contributed by atoms with E-state index in [9.17, 15) is 9.59 Å². The van der Waals surface area contributed by atoms with E-state index in [1.807, 2.05) is 24.3 Å². The van der Waals surface area contributed by atoms with Gasteiger partial charge in [0.2, 0.25) is 5.76 Å². The van der Waals surface area contributed by atoms with E-state index in [2.05, 4.69) is 6.58 Å². The minimum atomic E-state index is -0.672. The molecule has 0 saturated heterocycles. The molecule has 0 aliphatic carbocycles. The van der Waals surface area contributed by atoms with Crippen LogP contribution in [0.25, 0.3) is 11.0 Å². The Balaban J connectivity index is 1.73. The highest BCUT2D eigenvalue weighted by atomic mass is 16.5. The van der Waals surface area contributed by atoms with E-state index in [1.54, 1.807) is 66.6 Å². The maximum Gasteiger partial charge on any atom is 0.295 e. The van der Waals surface area contributed by atoms with Crippen molar-refractivity contribution in [2.75, 3.05) is 18.6 Å². The molecule has 0 bridgehead atoms. The Morgan fingerprint density at radius 1 is 1.00 bits per heavy atom. The highest BCUT2D eigenvalue weighted by Crippen LogP contribution is 2.42. The van der Waals surface area contributed by atoms with Crippen molar-refractivity contribution >= 4 is 22.6 Å². The van der Waals surface area contributed by atoms with Gasteiger partial charge in [0.15, 0.2) is 5.43 Å². The monoisotopic (exact) mass is 439 g/mol. The largest absolute Gasteiger partial charge is 0.497 e. The van der Waals surface area contributed by atoms with E-state index in [0.29, 0.717) is 40.3 Å². The highest BCUT2D eigenvalue weighted by molar-refractivity contribution is 6.10. The minimum absolute atomic E-state index is 0.0527. The summed E-state index contributed by atoms with van der Waals surface area (Å²) in [5.41, 5.74) is 1.84. The number of anilines is 1. The Labute approximate surface area is 190 Å². The van der Waals surface area contributed by atoms with Gasteiger partial charge in [0.25, 0.3) is 5.91 Å². The molecule has 6 heteroatoms. The van der Waals surface area contributed by atoms with Crippen LogP contribution >= 0.6 is 0 Å². The number of hydrogen-bond donors (Lipinski definition) is 0. The fraction of sp³-hybridized carbons (Fsp3) is 0.111. The van der Waals surface area contributed by atoms with Crippen LogP contribution in [0.3, 0.4) is 0 Å². The van der Waals surface area contributed by atoms with Gasteiger partial charge in [-0.2, -0.15) is 0 Å². The van der Waals surface area contributed by atoms with Crippen LogP contribution in [0.15, 0.2) is 94.7 Å². The van der Waals surface area contributed by atoms with Gasteiger partial charge in [-0.15, -0.1) is 0 Å². The van der Waals surface area contributed by atoms with Gasteiger partial charge in [-0.25, -0.2) is 0 Å². The first kappa shape index (κ1) is 20.6. The third-order valence-electron chi connectivity index (χ3n) is 5.67. The van der Waals surface area contributed by atoms with E-state index < -0.39 is 6.04 Å². The van der Waals surface area contributed by atoms with E-state index in [4.69, 9.17) is 13.9 Å². The number of ether oxygens (including phenoxy) is 2. The molecule has 1 atom stereocenters. The molecule has 164 valence electrons. The summed E-state index contributed by atoms with van der Waals surface area (Å²) in [7, 11) is 1.58. The molecule has 1 aliphatic heterocycles. The van der Waals surface area contributed by atoms with Crippen LogP contribution in [-0.2, 0) is 0 Å². The van der Waals surface area contributed by atoms with Gasteiger partial charge in [-0.3, -0.25) is 14.5 Å². The second kappa shape index (κ2) is 8.31. The van der Waals surface area contributed by atoms with Crippen molar-refractivity contribution in [1.29, 1.82) is 0 Å². The van der Waals surface area contributed by atoms with Crippen molar-refractivity contribution in [2.24, 2.45) is 0 Å². The summed E-state index contributed by atoms with van der Waals surface area (Å²) in [6, 6.07) is 20.8. The lowest BCUT2D eigenvalue weighted by Crippen LogP contribution is -2.29. The summed E-state index contributed by atoms with van der Waals surface area (Å²) >= 11 is 0. The third kappa shape index (κ3) is 3.46. The maximum atomic E-state index is 13.6. The first-order chi connectivity index (χ1) is 16.1. The van der Waals surface area contributed by atoms with Crippen LogP contribution in [0.1, 0.15) is 27.7 Å². The average Bonchev–Trinajstić information content (AvgIpc) is 3.15. The Hall–Kier alpha value is -4.32. The van der Waals surface area contributed by atoms with Gasteiger partial charge < -0.3 is 13.9 Å². The summed E-state index contributed by atoms with van der Waals surface area (Å²) in [6.07, 6.45) is 1.66. The lowest BCUT2D eigenvalue weighted by molar-refractivity contribution is 0.0971. The molecule has 1 aliphatic rings. The third-order valence-corrected chi connectivity index (χ3v) is 5.67. The number of carbonyl (C=O) groups excluding carboxylic acids is 1. The van der Waals surface area contributed by atoms with Crippen molar-refractivity contribution in [3.05, 3.63) is 113 Å². The molecule has 1 aromatic heterocycles. The van der Waals surface area contributed by atoms with Crippen LogP contribution in [0, 0.1) is 0 Å². The van der Waals surface area contributed by atoms with Crippen molar-refractivity contribution in [2.45, 2.75) is 6.04 Å². The minimum Gasteiger partial charge on any atom is -0.497 e. The van der Waals surface area contributed by atoms with E-state index in [-0.39, 0.29) is 17.1 Å². The van der Waals surface area contributed by atoms with Crippen molar-refractivity contribution in [1.82, 2.24) is 0 Å². The summed E-state index contributed by atoms with van der Waals surface area (Å²) in [5.74, 6) is 0.963. The van der Waals surface area contributed by atoms with E-state index in [1.165, 1.54) is 0 Å². The first-order valence-corrected chi connectivity index (χ1v) is 10.5. The van der Waals surface area contributed by atoms with Gasteiger partial charge in [-0.1, -0.05) is 36.9 Å². The van der Waals surface area contributed by atoms with Crippen molar-refractivity contribution < 1.29 is 18.7 Å². The Kier molecular flexibility index (Phi) is 5.18. The molecule has 3 aromatic carbocycles. The number of nitrogens with zero attached hydrogens (tertiary/aromatic N) is 1. The number of carbonyl (C=O) groups is 1. The van der Waals surface area contributed by atoms with Gasteiger partial charge in [-0.05, 0) is 54.1 Å². The molecule has 5 rings (SSSR count). The van der Waals surface area contributed by atoms with Crippen molar-refractivity contribution in [3.8, 4) is 11.5 Å². The molecule has 0 spiro atoms. The fourth-order valence-corrected chi connectivity index (χ4v) is 4.17. The van der Waals surface area contributed by atoms with Gasteiger partial charge in [0.05, 0.1) is 24.1 Å². The number of rotatable bonds is 6. The average molecular weight is 439 g/mol. The lowest BCUT2D eigenvalue weighted by atomic mass is 9.98. The summed E-state index contributed by atoms with van der Waals surface area (Å²) in [4.78, 5) is 28.8. The molecule has 1 unspecified atom stereocenters. The molecule has 2 heterocycles. The standard InChI is InChI=1S/C27H21NO5/c1-3-15-32-20-8-6-7-17(16-20)24-23-25(29)21-9-4-5-10-22(21)33-26(23)27(30)28(24)18-11-13-19(31-2)14-12-18/h3-14,16,24H,1,15H2,2H3. The Morgan fingerprint density at radius 2 is 1.79 bits per heavy atom. The van der Waals surface area contributed by atoms with Crippen LogP contribution in [-0.4, -0.2) is 19.6 Å². The normalized spacial score (nSPS) is 14.9. The SMILES string of the molecule is C=CCOc1cccc(C2c3c(oc4ccccc4c3=O)C(=O)N2c2ccc(OC)cc2)c1. The Morgan fingerprint density at radius 3 is 2.55 bits per heavy atom. The van der Waals surface area contributed by atoms with Gasteiger partial charge in [0.1, 0.15) is 23.7 Å². The zero-order valence-electron chi connectivity index (χ0n) is 18.0. The molecule has 0 N–H and O–H groups in total. The smallest absolute Gasteiger partial charge is 0.295 e.